The molecule has 10 nitrogen and oxygen atoms in total. The lowest BCUT2D eigenvalue weighted by Crippen LogP contribution is -2.54. The number of aliphatic carboxylic acids is 3. The molecule has 162 valence electrons. The van der Waals surface area contributed by atoms with Crippen molar-refractivity contribution in [3.05, 3.63) is 29.8 Å². The first-order chi connectivity index (χ1) is 14.3. The maximum atomic E-state index is 11.6. The Morgan fingerprint density at radius 2 is 1.53 bits per heavy atom. The summed E-state index contributed by atoms with van der Waals surface area (Å²) in [6.07, 6.45) is 1.36. The third-order valence-electron chi connectivity index (χ3n) is 4.67. The highest BCUT2D eigenvalue weighted by atomic mass is 32.1. The molecule has 11 heteroatoms. The number of carbonyl (C=O) groups is 3. The number of thiocarbonyl (C=S) groups is 1. The number of benzene rings is 1. The van der Waals surface area contributed by atoms with Gasteiger partial charge in [-0.25, -0.2) is 10.0 Å². The van der Waals surface area contributed by atoms with Crippen LogP contribution in [0.2, 0.25) is 0 Å². The second-order valence-electron chi connectivity index (χ2n) is 6.87. The van der Waals surface area contributed by atoms with Gasteiger partial charge in [0.15, 0.2) is 0 Å². The van der Waals surface area contributed by atoms with Crippen molar-refractivity contribution in [2.24, 2.45) is 4.99 Å². The molecule has 0 aliphatic carbocycles. The van der Waals surface area contributed by atoms with Crippen molar-refractivity contribution in [1.82, 2.24) is 14.9 Å². The minimum atomic E-state index is -1.15. The monoisotopic (exact) mass is 436 g/mol. The molecule has 2 rings (SSSR count). The van der Waals surface area contributed by atoms with E-state index in [4.69, 9.17) is 0 Å². The molecule has 0 saturated carbocycles. The summed E-state index contributed by atoms with van der Waals surface area (Å²) in [5.74, 6) is -3.30. The van der Waals surface area contributed by atoms with Crippen LogP contribution < -0.4 is 0 Å². The second kappa shape index (κ2) is 11.5. The molecule has 0 bridgehead atoms. The van der Waals surface area contributed by atoms with Crippen LogP contribution in [0.15, 0.2) is 29.3 Å². The lowest BCUT2D eigenvalue weighted by atomic mass is 10.1. The van der Waals surface area contributed by atoms with Crippen molar-refractivity contribution < 1.29 is 29.7 Å². The first-order valence-corrected chi connectivity index (χ1v) is 9.81. The standard InChI is InChI=1S/C19H24N4O6S/c24-16(25)10-21-8-2-1-3-9-22(11-17(26)27)23(12-18(28)29)19(21)14-4-6-15(7-5-14)20-13-30/h4-7,19H,1-3,8-12H2,(H,24,25)(H,26,27)(H,28,29). The average molecular weight is 436 g/mol. The summed E-state index contributed by atoms with van der Waals surface area (Å²) >= 11 is 4.60. The first kappa shape index (κ1) is 23.6. The number of isothiocyanates is 1. The van der Waals surface area contributed by atoms with E-state index in [9.17, 15) is 29.7 Å². The number of hydrogen-bond acceptors (Lipinski definition) is 8. The third kappa shape index (κ3) is 6.97. The van der Waals surface area contributed by atoms with Crippen LogP contribution in [0.1, 0.15) is 31.0 Å². The minimum Gasteiger partial charge on any atom is -0.480 e. The van der Waals surface area contributed by atoms with Gasteiger partial charge in [0.25, 0.3) is 0 Å². The SMILES string of the molecule is O=C(O)CN1CCCCCN(CC(=O)O)N(CC(=O)O)C1c1ccc(N=C=S)cc1. The van der Waals surface area contributed by atoms with E-state index in [1.54, 1.807) is 29.2 Å². The zero-order chi connectivity index (χ0) is 22.1. The lowest BCUT2D eigenvalue weighted by molar-refractivity contribution is -0.167. The quantitative estimate of drug-likeness (QED) is 0.408. The van der Waals surface area contributed by atoms with Gasteiger partial charge >= 0.3 is 17.9 Å². The summed E-state index contributed by atoms with van der Waals surface area (Å²) in [4.78, 5) is 40.2. The number of hydrazine groups is 1. The number of rotatable bonds is 8. The van der Waals surface area contributed by atoms with Crippen molar-refractivity contribution in [2.45, 2.75) is 25.4 Å². The molecule has 3 N–H and O–H groups in total. The molecule has 1 atom stereocenters. The minimum absolute atomic E-state index is 0.318. The fourth-order valence-corrected chi connectivity index (χ4v) is 3.63. The summed E-state index contributed by atoms with van der Waals surface area (Å²) in [6.45, 7) is -0.411. The van der Waals surface area contributed by atoms with E-state index in [2.05, 4.69) is 22.4 Å². The van der Waals surface area contributed by atoms with Gasteiger partial charge in [0.1, 0.15) is 19.3 Å². The Morgan fingerprint density at radius 3 is 2.10 bits per heavy atom. The molecule has 0 aromatic heterocycles. The number of carboxylic acids is 3. The van der Waals surface area contributed by atoms with Crippen molar-refractivity contribution in [2.75, 3.05) is 32.7 Å². The molecule has 1 aliphatic heterocycles. The Hall–Kier alpha value is -2.69. The van der Waals surface area contributed by atoms with Gasteiger partial charge in [0, 0.05) is 13.1 Å². The van der Waals surface area contributed by atoms with Crippen LogP contribution in [-0.2, 0) is 14.4 Å². The van der Waals surface area contributed by atoms with Gasteiger partial charge in [-0.2, -0.15) is 4.99 Å². The molecule has 0 amide bonds. The molecular weight excluding hydrogens is 412 g/mol. The summed E-state index contributed by atoms with van der Waals surface area (Å²) in [5, 5.41) is 33.5. The van der Waals surface area contributed by atoms with Crippen LogP contribution in [0.25, 0.3) is 0 Å². The zero-order valence-electron chi connectivity index (χ0n) is 16.3. The van der Waals surface area contributed by atoms with Crippen LogP contribution in [0.5, 0.6) is 0 Å². The van der Waals surface area contributed by atoms with Crippen LogP contribution in [0, 0.1) is 0 Å². The fraction of sp³-hybridized carbons (Fsp3) is 0.474. The van der Waals surface area contributed by atoms with Gasteiger partial charge in [0.05, 0.1) is 17.4 Å². The van der Waals surface area contributed by atoms with Crippen molar-refractivity contribution >= 4 is 41.0 Å². The van der Waals surface area contributed by atoms with Gasteiger partial charge < -0.3 is 15.3 Å². The molecule has 1 heterocycles. The number of aliphatic imine (C=N–C) groups is 1. The molecular formula is C19H24N4O6S. The largest absolute Gasteiger partial charge is 0.480 e. The normalized spacial score (nSPS) is 19.1. The Labute approximate surface area is 179 Å². The van der Waals surface area contributed by atoms with Gasteiger partial charge in [-0.3, -0.25) is 19.3 Å². The average Bonchev–Trinajstić information content (AvgIpc) is 2.73. The topological polar surface area (TPSA) is 134 Å². The van der Waals surface area contributed by atoms with E-state index in [1.807, 2.05) is 0 Å². The summed E-state index contributed by atoms with van der Waals surface area (Å²) in [5.41, 5.74) is 1.17. The third-order valence-corrected chi connectivity index (χ3v) is 4.76. The van der Waals surface area contributed by atoms with Crippen LogP contribution in [0.3, 0.4) is 0 Å². The summed E-state index contributed by atoms with van der Waals surface area (Å²) < 4.78 is 0. The molecule has 1 aromatic carbocycles. The Balaban J connectivity index is 2.57. The predicted molar refractivity (Wildman–Crippen MR) is 110 cm³/mol. The maximum absolute atomic E-state index is 11.6. The molecule has 1 saturated heterocycles. The van der Waals surface area contributed by atoms with Gasteiger partial charge in [-0.1, -0.05) is 18.6 Å². The molecule has 1 aliphatic rings. The van der Waals surface area contributed by atoms with E-state index >= 15 is 0 Å². The van der Waals surface area contributed by atoms with E-state index < -0.39 is 37.2 Å². The molecule has 1 unspecified atom stereocenters. The van der Waals surface area contributed by atoms with Crippen LogP contribution >= 0.6 is 12.2 Å². The highest BCUT2D eigenvalue weighted by Gasteiger charge is 2.35. The van der Waals surface area contributed by atoms with Gasteiger partial charge in [-0.15, -0.1) is 0 Å². The van der Waals surface area contributed by atoms with E-state index in [0.717, 1.165) is 6.42 Å². The van der Waals surface area contributed by atoms with E-state index in [-0.39, 0.29) is 6.54 Å². The van der Waals surface area contributed by atoms with E-state index in [1.165, 1.54) is 10.0 Å². The molecule has 0 radical (unpaired) electrons. The Bertz CT molecular complexity index is 812. The lowest BCUT2D eigenvalue weighted by Gasteiger charge is -2.43. The highest BCUT2D eigenvalue weighted by Crippen LogP contribution is 2.30. The molecule has 30 heavy (non-hydrogen) atoms. The fourth-order valence-electron chi connectivity index (χ4n) is 3.53. The predicted octanol–water partition coefficient (Wildman–Crippen LogP) is 1.68. The van der Waals surface area contributed by atoms with Crippen LogP contribution in [-0.4, -0.2) is 86.0 Å². The Kier molecular flexibility index (Phi) is 9.03. The van der Waals surface area contributed by atoms with Crippen molar-refractivity contribution in [3.63, 3.8) is 0 Å². The smallest absolute Gasteiger partial charge is 0.319 e. The van der Waals surface area contributed by atoms with Gasteiger partial charge in [-0.05, 0) is 42.8 Å². The molecule has 0 spiro atoms. The zero-order valence-corrected chi connectivity index (χ0v) is 17.1. The summed E-state index contributed by atoms with van der Waals surface area (Å²) in [7, 11) is 0. The van der Waals surface area contributed by atoms with Crippen molar-refractivity contribution in [1.29, 1.82) is 0 Å². The molecule has 1 aromatic rings. The number of hydrogen-bond donors (Lipinski definition) is 3. The number of carboxylic acid groups (broad SMARTS) is 3. The Morgan fingerprint density at radius 1 is 0.933 bits per heavy atom. The summed E-state index contributed by atoms with van der Waals surface area (Å²) in [6, 6.07) is 6.74. The second-order valence-corrected chi connectivity index (χ2v) is 7.05. The van der Waals surface area contributed by atoms with Crippen molar-refractivity contribution in [3.8, 4) is 0 Å². The number of nitrogens with zero attached hydrogens (tertiary/aromatic N) is 4. The van der Waals surface area contributed by atoms with Gasteiger partial charge in [0.2, 0.25) is 0 Å². The molecule has 1 fully saturated rings. The highest BCUT2D eigenvalue weighted by molar-refractivity contribution is 7.78. The van der Waals surface area contributed by atoms with E-state index in [0.29, 0.717) is 37.2 Å². The maximum Gasteiger partial charge on any atom is 0.319 e. The first-order valence-electron chi connectivity index (χ1n) is 9.40. The van der Waals surface area contributed by atoms with Crippen LogP contribution in [0.4, 0.5) is 5.69 Å².